The zero-order chi connectivity index (χ0) is 9.97. The van der Waals surface area contributed by atoms with Crippen LogP contribution in [0.5, 0.6) is 0 Å². The number of rotatable bonds is 2. The van der Waals surface area contributed by atoms with Crippen LogP contribution in [0.4, 0.5) is 11.5 Å². The number of nitrogens with zero attached hydrogens (tertiary/aromatic N) is 2. The van der Waals surface area contributed by atoms with Crippen molar-refractivity contribution in [2.45, 2.75) is 11.7 Å². The van der Waals surface area contributed by atoms with Crippen molar-refractivity contribution >= 4 is 23.3 Å². The molecule has 1 aromatic heterocycles. The number of nitrogens with two attached hydrogens (primary N) is 1. The molecule has 0 amide bonds. The van der Waals surface area contributed by atoms with Gasteiger partial charge >= 0.3 is 0 Å². The van der Waals surface area contributed by atoms with Crippen molar-refractivity contribution in [1.82, 2.24) is 4.98 Å². The van der Waals surface area contributed by atoms with Crippen LogP contribution in [0.15, 0.2) is 18.3 Å². The summed E-state index contributed by atoms with van der Waals surface area (Å²) in [4.78, 5) is 6.63. The Morgan fingerprint density at radius 2 is 2.50 bits per heavy atom. The minimum Gasteiger partial charge on any atom is -0.399 e. The molecule has 1 aliphatic rings. The maximum atomic E-state index is 5.72. The topological polar surface area (TPSA) is 42.1 Å². The van der Waals surface area contributed by atoms with Crippen molar-refractivity contribution in [3.05, 3.63) is 18.3 Å². The van der Waals surface area contributed by atoms with Crippen molar-refractivity contribution < 1.29 is 0 Å². The summed E-state index contributed by atoms with van der Waals surface area (Å²) in [5, 5.41) is 0.748. The van der Waals surface area contributed by atoms with Gasteiger partial charge in [-0.25, -0.2) is 4.98 Å². The van der Waals surface area contributed by atoms with Gasteiger partial charge < -0.3 is 10.6 Å². The Hall–Kier alpha value is -0.900. The van der Waals surface area contributed by atoms with Crippen molar-refractivity contribution in [2.24, 2.45) is 0 Å². The lowest BCUT2D eigenvalue weighted by molar-refractivity contribution is 0.939. The molecule has 2 N–H and O–H groups in total. The summed E-state index contributed by atoms with van der Waals surface area (Å²) in [6.45, 7) is 2.19. The van der Waals surface area contributed by atoms with Gasteiger partial charge in [-0.15, -0.1) is 0 Å². The maximum Gasteiger partial charge on any atom is 0.130 e. The first kappa shape index (κ1) is 9.65. The monoisotopic (exact) mass is 209 g/mol. The third-order valence-corrected chi connectivity index (χ3v) is 3.62. The average Bonchev–Trinajstić information content (AvgIpc) is 2.66. The lowest BCUT2D eigenvalue weighted by Gasteiger charge is -2.17. The van der Waals surface area contributed by atoms with E-state index in [1.807, 2.05) is 23.9 Å². The van der Waals surface area contributed by atoms with Gasteiger partial charge in [-0.05, 0) is 18.7 Å². The van der Waals surface area contributed by atoms with Crippen LogP contribution in [0.3, 0.4) is 0 Å². The normalized spacial score (nSPS) is 21.5. The minimum absolute atomic E-state index is 0.748. The van der Waals surface area contributed by atoms with Crippen LogP contribution >= 0.6 is 11.8 Å². The Morgan fingerprint density at radius 1 is 1.64 bits per heavy atom. The third kappa shape index (κ3) is 1.95. The van der Waals surface area contributed by atoms with Crippen molar-refractivity contribution in [2.75, 3.05) is 30.0 Å². The van der Waals surface area contributed by atoms with E-state index in [9.17, 15) is 0 Å². The molecule has 3 nitrogen and oxygen atoms in total. The summed E-state index contributed by atoms with van der Waals surface area (Å²) >= 11 is 1.93. The Balaban J connectivity index is 2.09. The number of hydrogen-bond donors (Lipinski definition) is 1. The third-order valence-electron chi connectivity index (χ3n) is 2.57. The second-order valence-electron chi connectivity index (χ2n) is 3.54. The highest BCUT2D eigenvalue weighted by Crippen LogP contribution is 2.25. The first-order valence-electron chi connectivity index (χ1n) is 4.79. The zero-order valence-electron chi connectivity index (χ0n) is 8.31. The van der Waals surface area contributed by atoms with Gasteiger partial charge in [-0.1, -0.05) is 0 Å². The molecule has 0 radical (unpaired) electrons. The van der Waals surface area contributed by atoms with E-state index in [2.05, 4.69) is 16.1 Å². The fourth-order valence-electron chi connectivity index (χ4n) is 1.74. The maximum absolute atomic E-state index is 5.72. The largest absolute Gasteiger partial charge is 0.399 e. The number of aromatic nitrogens is 1. The van der Waals surface area contributed by atoms with E-state index in [1.165, 1.54) is 6.42 Å². The van der Waals surface area contributed by atoms with E-state index < -0.39 is 0 Å². The van der Waals surface area contributed by atoms with Crippen molar-refractivity contribution in [1.29, 1.82) is 0 Å². The molecule has 1 saturated heterocycles. The highest BCUT2D eigenvalue weighted by molar-refractivity contribution is 7.99. The first-order chi connectivity index (χ1) is 6.79. The fraction of sp³-hybridized carbons (Fsp3) is 0.500. The molecular weight excluding hydrogens is 194 g/mol. The summed E-state index contributed by atoms with van der Waals surface area (Å²) in [7, 11) is 0. The molecule has 1 fully saturated rings. The Bertz CT molecular complexity index is 316. The van der Waals surface area contributed by atoms with E-state index in [1.54, 1.807) is 6.20 Å². The van der Waals surface area contributed by atoms with Crippen LogP contribution in [0.1, 0.15) is 6.42 Å². The summed E-state index contributed by atoms with van der Waals surface area (Å²) in [5.41, 5.74) is 6.52. The average molecular weight is 209 g/mol. The van der Waals surface area contributed by atoms with Gasteiger partial charge in [-0.3, -0.25) is 0 Å². The highest BCUT2D eigenvalue weighted by Gasteiger charge is 2.22. The molecule has 4 heteroatoms. The van der Waals surface area contributed by atoms with Crippen molar-refractivity contribution in [3.63, 3.8) is 0 Å². The molecule has 0 bridgehead atoms. The lowest BCUT2D eigenvalue weighted by Crippen LogP contribution is -2.21. The van der Waals surface area contributed by atoms with E-state index in [0.717, 1.165) is 29.8 Å². The molecule has 76 valence electrons. The van der Waals surface area contributed by atoms with Gasteiger partial charge in [0, 0.05) is 36.3 Å². The standard InChI is InChI=1S/C10H15N3S/c1-14-9-3-5-13(7-9)10-6-8(11)2-4-12-10/h2,4,6,9H,3,5,7H2,1H3,(H2,11,12). The summed E-state index contributed by atoms with van der Waals surface area (Å²) in [6, 6.07) is 3.77. The number of anilines is 2. The summed E-state index contributed by atoms with van der Waals surface area (Å²) in [6.07, 6.45) is 5.19. The van der Waals surface area contributed by atoms with E-state index in [0.29, 0.717) is 0 Å². The van der Waals surface area contributed by atoms with Gasteiger partial charge in [0.2, 0.25) is 0 Å². The van der Waals surface area contributed by atoms with Crippen LogP contribution in [-0.4, -0.2) is 29.6 Å². The number of nitrogen functional groups attached to an aromatic ring is 1. The predicted octanol–water partition coefficient (Wildman–Crippen LogP) is 1.61. The lowest BCUT2D eigenvalue weighted by atomic mass is 10.4. The van der Waals surface area contributed by atoms with Gasteiger partial charge in [0.25, 0.3) is 0 Å². The van der Waals surface area contributed by atoms with Crippen molar-refractivity contribution in [3.8, 4) is 0 Å². The van der Waals surface area contributed by atoms with Crippen LogP contribution in [-0.2, 0) is 0 Å². The van der Waals surface area contributed by atoms with Crippen LogP contribution in [0, 0.1) is 0 Å². The van der Waals surface area contributed by atoms with E-state index in [-0.39, 0.29) is 0 Å². The summed E-state index contributed by atoms with van der Waals surface area (Å²) < 4.78 is 0. The second-order valence-corrected chi connectivity index (χ2v) is 4.68. The molecule has 1 unspecified atom stereocenters. The van der Waals surface area contributed by atoms with Crippen LogP contribution < -0.4 is 10.6 Å². The highest BCUT2D eigenvalue weighted by atomic mass is 32.2. The quantitative estimate of drug-likeness (QED) is 0.803. The number of pyridine rings is 1. The Morgan fingerprint density at radius 3 is 3.14 bits per heavy atom. The smallest absolute Gasteiger partial charge is 0.130 e. The van der Waals surface area contributed by atoms with Gasteiger partial charge in [0.1, 0.15) is 5.82 Å². The second kappa shape index (κ2) is 4.09. The molecule has 2 rings (SSSR count). The molecule has 1 aromatic rings. The Labute approximate surface area is 88.7 Å². The SMILES string of the molecule is CSC1CCN(c2cc(N)ccn2)C1. The minimum atomic E-state index is 0.748. The molecule has 2 heterocycles. The molecule has 0 aromatic carbocycles. The van der Waals surface area contributed by atoms with Crippen LogP contribution in [0.25, 0.3) is 0 Å². The van der Waals surface area contributed by atoms with Gasteiger partial charge in [-0.2, -0.15) is 11.8 Å². The number of thioether (sulfide) groups is 1. The van der Waals surface area contributed by atoms with E-state index in [4.69, 9.17) is 5.73 Å². The molecule has 14 heavy (non-hydrogen) atoms. The fourth-order valence-corrected chi connectivity index (χ4v) is 2.41. The van der Waals surface area contributed by atoms with Crippen LogP contribution in [0.2, 0.25) is 0 Å². The van der Waals surface area contributed by atoms with Gasteiger partial charge in [0.15, 0.2) is 0 Å². The predicted molar refractivity (Wildman–Crippen MR) is 62.8 cm³/mol. The Kier molecular flexibility index (Phi) is 2.82. The number of hydrogen-bond acceptors (Lipinski definition) is 4. The van der Waals surface area contributed by atoms with E-state index >= 15 is 0 Å². The first-order valence-corrected chi connectivity index (χ1v) is 6.07. The molecule has 0 spiro atoms. The molecular formula is C10H15N3S. The molecule has 1 atom stereocenters. The summed E-state index contributed by atoms with van der Waals surface area (Å²) in [5.74, 6) is 1.02. The molecule has 0 aliphatic carbocycles. The molecule has 0 saturated carbocycles. The zero-order valence-corrected chi connectivity index (χ0v) is 9.13. The molecule has 1 aliphatic heterocycles. The van der Waals surface area contributed by atoms with Gasteiger partial charge in [0.05, 0.1) is 0 Å².